The van der Waals surface area contributed by atoms with Crippen LogP contribution in [-0.4, -0.2) is 11.5 Å². The van der Waals surface area contributed by atoms with Crippen molar-refractivity contribution in [3.63, 3.8) is 0 Å². The number of nitrogens with one attached hydrogen (secondary N) is 1. The Morgan fingerprint density at radius 3 is 3.06 bits per heavy atom. The van der Waals surface area contributed by atoms with Gasteiger partial charge in [-0.2, -0.15) is 0 Å². The second-order valence-electron chi connectivity index (χ2n) is 3.61. The van der Waals surface area contributed by atoms with Crippen molar-refractivity contribution in [1.29, 1.82) is 0 Å². The average Bonchev–Trinajstić information content (AvgIpc) is 2.33. The lowest BCUT2D eigenvalue weighted by atomic mass is 10.1. The summed E-state index contributed by atoms with van der Waals surface area (Å²) < 4.78 is 0. The van der Waals surface area contributed by atoms with E-state index in [2.05, 4.69) is 16.9 Å². The third-order valence-corrected chi connectivity index (χ3v) is 2.46. The zero-order valence-electron chi connectivity index (χ0n) is 9.11. The number of hydrogen-bond donors (Lipinski definition) is 2. The minimum absolute atomic E-state index is 0.713. The molecule has 1 aromatic heterocycles. The molecule has 0 radical (unpaired) electrons. The van der Waals surface area contributed by atoms with Crippen molar-refractivity contribution < 1.29 is 0 Å². The smallest absolute Gasteiger partial charge is 0.0951 e. The zero-order chi connectivity index (χ0) is 11.4. The summed E-state index contributed by atoms with van der Waals surface area (Å²) in [6.07, 6.45) is 4.59. The number of pyridine rings is 1. The van der Waals surface area contributed by atoms with Crippen LogP contribution in [0.25, 0.3) is 10.9 Å². The number of nitrogen functional groups attached to an aromatic ring is 1. The van der Waals surface area contributed by atoms with Gasteiger partial charge in [0.25, 0.3) is 0 Å². The highest BCUT2D eigenvalue weighted by Gasteiger charge is 2.03. The molecule has 3 nitrogen and oxygen atoms in total. The molecule has 2 rings (SSSR count). The van der Waals surface area contributed by atoms with Gasteiger partial charge in [-0.15, -0.1) is 6.58 Å². The maximum absolute atomic E-state index is 5.87. The van der Waals surface area contributed by atoms with Gasteiger partial charge in [0.2, 0.25) is 0 Å². The summed E-state index contributed by atoms with van der Waals surface area (Å²) in [5, 5.41) is 4.41. The van der Waals surface area contributed by atoms with Gasteiger partial charge in [0.05, 0.1) is 11.2 Å². The molecule has 0 aliphatic carbocycles. The van der Waals surface area contributed by atoms with Gasteiger partial charge in [-0.3, -0.25) is 4.98 Å². The molecule has 2 aromatic rings. The Hall–Kier alpha value is -2.03. The first-order valence-electron chi connectivity index (χ1n) is 5.31. The van der Waals surface area contributed by atoms with Crippen molar-refractivity contribution in [2.75, 3.05) is 17.6 Å². The van der Waals surface area contributed by atoms with Gasteiger partial charge in [-0.05, 0) is 30.7 Å². The highest BCUT2D eigenvalue weighted by Crippen LogP contribution is 2.26. The summed E-state index contributed by atoms with van der Waals surface area (Å²) >= 11 is 0. The summed E-state index contributed by atoms with van der Waals surface area (Å²) in [7, 11) is 0. The van der Waals surface area contributed by atoms with Crippen LogP contribution < -0.4 is 11.1 Å². The van der Waals surface area contributed by atoms with Gasteiger partial charge in [-0.1, -0.05) is 6.08 Å². The second-order valence-corrected chi connectivity index (χ2v) is 3.61. The molecule has 0 bridgehead atoms. The SMILES string of the molecule is C=CCCNc1ccc(N)c2ncccc12. The third-order valence-electron chi connectivity index (χ3n) is 2.46. The van der Waals surface area contributed by atoms with E-state index in [1.807, 2.05) is 30.3 Å². The summed E-state index contributed by atoms with van der Waals surface area (Å²) in [4.78, 5) is 4.28. The monoisotopic (exact) mass is 213 g/mol. The Bertz CT molecular complexity index is 506. The lowest BCUT2D eigenvalue weighted by Gasteiger charge is -2.09. The lowest BCUT2D eigenvalue weighted by Crippen LogP contribution is -2.01. The quantitative estimate of drug-likeness (QED) is 0.466. The first-order valence-corrected chi connectivity index (χ1v) is 5.31. The van der Waals surface area contributed by atoms with E-state index in [1.54, 1.807) is 6.20 Å². The van der Waals surface area contributed by atoms with Crippen LogP contribution in [0.5, 0.6) is 0 Å². The van der Waals surface area contributed by atoms with Gasteiger partial charge in [0, 0.05) is 23.8 Å². The first kappa shape index (κ1) is 10.5. The first-order chi connectivity index (χ1) is 7.83. The highest BCUT2D eigenvalue weighted by molar-refractivity contribution is 5.98. The van der Waals surface area contributed by atoms with Crippen LogP contribution in [0.1, 0.15) is 6.42 Å². The Morgan fingerprint density at radius 1 is 1.38 bits per heavy atom. The minimum atomic E-state index is 0.713. The van der Waals surface area contributed by atoms with Gasteiger partial charge in [-0.25, -0.2) is 0 Å². The maximum Gasteiger partial charge on any atom is 0.0951 e. The van der Waals surface area contributed by atoms with Crippen LogP contribution >= 0.6 is 0 Å². The fraction of sp³-hybridized carbons (Fsp3) is 0.154. The van der Waals surface area contributed by atoms with E-state index in [0.717, 1.165) is 29.6 Å². The molecule has 0 spiro atoms. The molecule has 0 unspecified atom stereocenters. The average molecular weight is 213 g/mol. The van der Waals surface area contributed by atoms with E-state index in [0.29, 0.717) is 5.69 Å². The fourth-order valence-electron chi connectivity index (χ4n) is 1.66. The van der Waals surface area contributed by atoms with Crippen LogP contribution in [0.4, 0.5) is 11.4 Å². The van der Waals surface area contributed by atoms with Gasteiger partial charge < -0.3 is 11.1 Å². The molecule has 0 amide bonds. The summed E-state index contributed by atoms with van der Waals surface area (Å²) in [5.74, 6) is 0. The topological polar surface area (TPSA) is 50.9 Å². The van der Waals surface area contributed by atoms with Crippen molar-refractivity contribution in [2.24, 2.45) is 0 Å². The maximum atomic E-state index is 5.87. The fourth-order valence-corrected chi connectivity index (χ4v) is 1.66. The van der Waals surface area contributed by atoms with Gasteiger partial charge in [0.15, 0.2) is 0 Å². The Balaban J connectivity index is 2.38. The van der Waals surface area contributed by atoms with E-state index < -0.39 is 0 Å². The Kier molecular flexibility index (Phi) is 3.05. The summed E-state index contributed by atoms with van der Waals surface area (Å²) in [6, 6.07) is 7.81. The predicted octanol–water partition coefficient (Wildman–Crippen LogP) is 2.81. The summed E-state index contributed by atoms with van der Waals surface area (Å²) in [6.45, 7) is 4.57. The Morgan fingerprint density at radius 2 is 2.25 bits per heavy atom. The van der Waals surface area contributed by atoms with Crippen LogP contribution in [0, 0.1) is 0 Å². The molecule has 1 aromatic carbocycles. The van der Waals surface area contributed by atoms with E-state index in [4.69, 9.17) is 5.73 Å². The van der Waals surface area contributed by atoms with E-state index in [9.17, 15) is 0 Å². The summed E-state index contributed by atoms with van der Waals surface area (Å²) in [5.41, 5.74) is 8.51. The lowest BCUT2D eigenvalue weighted by molar-refractivity contribution is 1.07. The number of aromatic nitrogens is 1. The van der Waals surface area contributed by atoms with Crippen molar-refractivity contribution in [3.05, 3.63) is 43.1 Å². The standard InChI is InChI=1S/C13H15N3/c1-2-3-8-15-12-7-6-11(14)13-10(12)5-4-9-16-13/h2,4-7,9,15H,1,3,8,14H2. The number of nitrogens with two attached hydrogens (primary N) is 1. The van der Waals surface area contributed by atoms with Crippen LogP contribution in [0.15, 0.2) is 43.1 Å². The van der Waals surface area contributed by atoms with E-state index in [-0.39, 0.29) is 0 Å². The molecule has 0 saturated carbocycles. The van der Waals surface area contributed by atoms with Crippen molar-refractivity contribution >= 4 is 22.3 Å². The molecule has 3 N–H and O–H groups in total. The molecule has 0 saturated heterocycles. The molecule has 0 fully saturated rings. The molecular weight excluding hydrogens is 198 g/mol. The van der Waals surface area contributed by atoms with E-state index >= 15 is 0 Å². The number of nitrogens with zero attached hydrogens (tertiary/aromatic N) is 1. The molecule has 0 aliphatic heterocycles. The molecule has 0 atom stereocenters. The highest BCUT2D eigenvalue weighted by atomic mass is 14.9. The molecule has 3 heteroatoms. The molecular formula is C13H15N3. The zero-order valence-corrected chi connectivity index (χ0v) is 9.11. The molecule has 82 valence electrons. The minimum Gasteiger partial charge on any atom is -0.397 e. The van der Waals surface area contributed by atoms with Crippen LogP contribution in [-0.2, 0) is 0 Å². The van der Waals surface area contributed by atoms with Crippen molar-refractivity contribution in [1.82, 2.24) is 4.98 Å². The number of benzene rings is 1. The number of anilines is 2. The largest absolute Gasteiger partial charge is 0.397 e. The van der Waals surface area contributed by atoms with Gasteiger partial charge >= 0.3 is 0 Å². The second kappa shape index (κ2) is 4.66. The molecule has 1 heterocycles. The van der Waals surface area contributed by atoms with Crippen molar-refractivity contribution in [2.45, 2.75) is 6.42 Å². The van der Waals surface area contributed by atoms with Crippen molar-refractivity contribution in [3.8, 4) is 0 Å². The van der Waals surface area contributed by atoms with E-state index in [1.165, 1.54) is 0 Å². The van der Waals surface area contributed by atoms with Crippen LogP contribution in [0.3, 0.4) is 0 Å². The molecule has 16 heavy (non-hydrogen) atoms. The normalized spacial score (nSPS) is 10.2. The van der Waals surface area contributed by atoms with Crippen LogP contribution in [0.2, 0.25) is 0 Å². The predicted molar refractivity (Wildman–Crippen MR) is 69.5 cm³/mol. The Labute approximate surface area is 95.0 Å². The number of fused-ring (bicyclic) bond motifs is 1. The number of hydrogen-bond acceptors (Lipinski definition) is 3. The molecule has 0 aliphatic rings. The van der Waals surface area contributed by atoms with Gasteiger partial charge in [0.1, 0.15) is 0 Å². The number of rotatable bonds is 4. The third kappa shape index (κ3) is 1.98.